The number of rotatable bonds is 21. The lowest BCUT2D eigenvalue weighted by Crippen LogP contribution is -2.55. The first kappa shape index (κ1) is 55.6. The summed E-state index contributed by atoms with van der Waals surface area (Å²) >= 11 is 0. The molecule has 3 amide bonds. The number of carbonyl (C=O) groups is 3. The first-order valence-electron chi connectivity index (χ1n) is 26.4. The zero-order chi connectivity index (χ0) is 54.7. The highest BCUT2D eigenvalue weighted by atomic mass is 31.2. The van der Waals surface area contributed by atoms with Crippen LogP contribution in [0.1, 0.15) is 120 Å². The lowest BCUT2D eigenvalue weighted by atomic mass is 9.84. The van der Waals surface area contributed by atoms with E-state index in [2.05, 4.69) is 15.8 Å². The van der Waals surface area contributed by atoms with Gasteiger partial charge in [0.25, 0.3) is 0 Å². The van der Waals surface area contributed by atoms with Crippen LogP contribution in [0.25, 0.3) is 9.69 Å². The standard InChI is InChI=1S/C56H67N6O14P/c1-54(2)51(48(60-21-9-12-45(60)63)39-32-36(35-57)15-18-42(39)73-54)69-28-24-67-26-30-71-77(66,76-53-50(62-23-11-14-47(62)65)41-34-38(59-8)17-20-44(41)75-56(53,5)6)72-31-27-68-25-29-70-52-49(61-22-10-13-46(61)64)40-33-37(58-7)16-19-43(40)74-55(52,3)4/h15-20,32-34,48-53H,9-14,21-31H2,1-6H3/t48-,49-,50-,51+,52+,53+,77?/m1/s1. The van der Waals surface area contributed by atoms with E-state index < -0.39 is 61.1 Å². The van der Waals surface area contributed by atoms with Gasteiger partial charge in [-0.3, -0.25) is 28.0 Å². The van der Waals surface area contributed by atoms with Crippen molar-refractivity contribution in [3.8, 4) is 23.3 Å². The van der Waals surface area contributed by atoms with Crippen LogP contribution in [0, 0.1) is 24.5 Å². The van der Waals surface area contributed by atoms with E-state index >= 15 is 4.57 Å². The van der Waals surface area contributed by atoms with Crippen molar-refractivity contribution in [1.82, 2.24) is 14.7 Å². The molecule has 1 unspecified atom stereocenters. The molecule has 7 atom stereocenters. The van der Waals surface area contributed by atoms with Crippen LogP contribution in [0.3, 0.4) is 0 Å². The van der Waals surface area contributed by atoms with Crippen molar-refractivity contribution in [2.24, 2.45) is 0 Å². The number of hydrogen-bond acceptors (Lipinski definition) is 15. The van der Waals surface area contributed by atoms with Crippen molar-refractivity contribution in [1.29, 1.82) is 5.26 Å². The molecule has 0 radical (unpaired) electrons. The summed E-state index contributed by atoms with van der Waals surface area (Å²) in [6.45, 7) is 27.7. The lowest BCUT2D eigenvalue weighted by Gasteiger charge is -2.47. The van der Waals surface area contributed by atoms with Gasteiger partial charge in [-0.15, -0.1) is 0 Å². The van der Waals surface area contributed by atoms with E-state index in [1.807, 2.05) is 32.6 Å². The Balaban J connectivity index is 0.861. The maximum Gasteiger partial charge on any atom is 0.475 e. The third kappa shape index (κ3) is 11.8. The number of nitriles is 1. The second-order valence-corrected chi connectivity index (χ2v) is 23.1. The van der Waals surface area contributed by atoms with Gasteiger partial charge in [-0.2, -0.15) is 5.26 Å². The highest BCUT2D eigenvalue weighted by Crippen LogP contribution is 2.57. The van der Waals surface area contributed by atoms with E-state index in [1.165, 1.54) is 0 Å². The summed E-state index contributed by atoms with van der Waals surface area (Å²) in [5.41, 5.74) is 0.244. The minimum Gasteiger partial charge on any atom is -0.485 e. The second kappa shape index (κ2) is 23.1. The third-order valence-electron chi connectivity index (χ3n) is 15.0. The van der Waals surface area contributed by atoms with Gasteiger partial charge in [-0.25, -0.2) is 14.3 Å². The lowest BCUT2D eigenvalue weighted by molar-refractivity contribution is -0.152. The largest absolute Gasteiger partial charge is 0.485 e. The van der Waals surface area contributed by atoms with E-state index in [0.29, 0.717) is 109 Å². The van der Waals surface area contributed by atoms with Crippen LogP contribution in [-0.2, 0) is 51.5 Å². The number of benzene rings is 3. The fourth-order valence-corrected chi connectivity index (χ4v) is 12.9. The molecule has 77 heavy (non-hydrogen) atoms. The van der Waals surface area contributed by atoms with Gasteiger partial charge in [0.05, 0.1) is 95.8 Å². The molecule has 0 N–H and O–H groups in total. The summed E-state index contributed by atoms with van der Waals surface area (Å²) in [5, 5.41) is 9.72. The molecule has 0 bridgehead atoms. The Morgan fingerprint density at radius 1 is 0.571 bits per heavy atom. The monoisotopic (exact) mass is 1080 g/mol. The van der Waals surface area contributed by atoms with Crippen molar-refractivity contribution in [3.05, 3.63) is 99.7 Å². The maximum absolute atomic E-state index is 15.1. The number of ether oxygens (including phenoxy) is 7. The van der Waals surface area contributed by atoms with Gasteiger partial charge in [-0.1, -0.05) is 12.1 Å². The molecule has 21 heteroatoms. The fraction of sp³-hybridized carbons (Fsp3) is 0.571. The first-order valence-corrected chi connectivity index (χ1v) is 27.8. The predicted octanol–water partition coefficient (Wildman–Crippen LogP) is 8.89. The molecule has 6 heterocycles. The van der Waals surface area contributed by atoms with Crippen LogP contribution in [0.2, 0.25) is 0 Å². The number of hydrogen-bond donors (Lipinski definition) is 0. The van der Waals surface area contributed by atoms with E-state index in [1.54, 1.807) is 78.2 Å². The average Bonchev–Trinajstić information content (AvgIpc) is 4.26. The molecule has 0 spiro atoms. The van der Waals surface area contributed by atoms with Crippen LogP contribution >= 0.6 is 7.82 Å². The SMILES string of the molecule is [C-]#[N+]c1ccc2c(c1)[C@@H](N1CCCC1=O)[C@H](OCCOCCOP(=O)(OCCOCCO[C@H]1[C@H](N3CCCC3=O)c3cc(C#N)ccc3OC1(C)C)O[C@H]1[C@H](N3CCCC3=O)c3cc([N+]#[C-])ccc3OC1(C)C)C(C)(C)O2. The van der Waals surface area contributed by atoms with Gasteiger partial charge >= 0.3 is 7.82 Å². The minimum atomic E-state index is -4.57. The Hall–Kier alpha value is -6.11. The van der Waals surface area contributed by atoms with Crippen molar-refractivity contribution in [2.75, 3.05) is 72.5 Å². The van der Waals surface area contributed by atoms with E-state index in [0.717, 1.165) is 0 Å². The number of phosphoric ester groups is 1. The van der Waals surface area contributed by atoms with Gasteiger partial charge in [0.2, 0.25) is 17.7 Å². The average molecular weight is 1080 g/mol. The second-order valence-electron chi connectivity index (χ2n) is 21.5. The molecule has 3 saturated heterocycles. The topological polar surface area (TPSA) is 203 Å². The number of carbonyl (C=O) groups excluding carboxylic acids is 3. The molecule has 0 saturated carbocycles. The van der Waals surface area contributed by atoms with Gasteiger partial charge < -0.3 is 47.9 Å². The van der Waals surface area contributed by atoms with Crippen molar-refractivity contribution >= 4 is 36.9 Å². The number of amides is 3. The number of nitrogens with zero attached hydrogens (tertiary/aromatic N) is 6. The van der Waals surface area contributed by atoms with Crippen molar-refractivity contribution < 1.29 is 65.7 Å². The zero-order valence-electron chi connectivity index (χ0n) is 44.5. The van der Waals surface area contributed by atoms with Crippen molar-refractivity contribution in [3.63, 3.8) is 0 Å². The summed E-state index contributed by atoms with van der Waals surface area (Å²) < 4.78 is 77.9. The molecule has 20 nitrogen and oxygen atoms in total. The molecule has 6 aliphatic heterocycles. The van der Waals surface area contributed by atoms with E-state index in [-0.39, 0.29) is 70.6 Å². The Labute approximate surface area is 449 Å². The molecular weight excluding hydrogens is 1010 g/mol. The summed E-state index contributed by atoms with van der Waals surface area (Å²) in [4.78, 5) is 52.4. The van der Waals surface area contributed by atoms with E-state index in [9.17, 15) is 19.6 Å². The third-order valence-corrected chi connectivity index (χ3v) is 16.4. The summed E-state index contributed by atoms with van der Waals surface area (Å²) in [7, 11) is -4.57. The highest BCUT2D eigenvalue weighted by Gasteiger charge is 2.54. The van der Waals surface area contributed by atoms with Gasteiger partial charge in [0.15, 0.2) is 11.4 Å². The highest BCUT2D eigenvalue weighted by molar-refractivity contribution is 7.48. The maximum atomic E-state index is 15.1. The molecule has 0 aromatic heterocycles. The van der Waals surface area contributed by atoms with Crippen LogP contribution in [0.5, 0.6) is 17.2 Å². The Morgan fingerprint density at radius 2 is 0.948 bits per heavy atom. The quantitative estimate of drug-likeness (QED) is 0.0555. The fourth-order valence-electron chi connectivity index (χ4n) is 11.4. The number of fused-ring (bicyclic) bond motifs is 3. The Kier molecular flexibility index (Phi) is 16.7. The predicted molar refractivity (Wildman–Crippen MR) is 277 cm³/mol. The smallest absolute Gasteiger partial charge is 0.475 e. The molecule has 3 aromatic carbocycles. The summed E-state index contributed by atoms with van der Waals surface area (Å²) in [6, 6.07) is 15.8. The van der Waals surface area contributed by atoms with Gasteiger partial charge in [-0.05, 0) is 103 Å². The van der Waals surface area contributed by atoms with Gasteiger partial charge in [0, 0.05) is 55.6 Å². The molecule has 3 fully saturated rings. The van der Waals surface area contributed by atoms with Gasteiger partial charge in [0.1, 0.15) is 52.4 Å². The van der Waals surface area contributed by atoms with Crippen LogP contribution in [-0.4, -0.2) is 140 Å². The Bertz CT molecular complexity index is 2760. The molecule has 9 rings (SSSR count). The molecular formula is C56H67N6O14P. The summed E-state index contributed by atoms with van der Waals surface area (Å²) in [6.07, 6.45) is 0.848. The molecule has 3 aromatic rings. The summed E-state index contributed by atoms with van der Waals surface area (Å²) in [5.74, 6) is 1.53. The van der Waals surface area contributed by atoms with Crippen LogP contribution < -0.4 is 14.2 Å². The molecule has 6 aliphatic rings. The normalized spacial score (nSPS) is 25.5. The first-order chi connectivity index (χ1) is 36.9. The molecule has 0 aliphatic carbocycles. The zero-order valence-corrected chi connectivity index (χ0v) is 45.4. The van der Waals surface area contributed by atoms with Crippen LogP contribution in [0.15, 0.2) is 54.6 Å². The molecule has 410 valence electrons. The number of likely N-dealkylation sites (tertiary alicyclic amines) is 3. The van der Waals surface area contributed by atoms with Crippen molar-refractivity contribution in [2.45, 2.75) is 133 Å². The number of phosphoric acid groups is 1. The minimum absolute atomic E-state index is 0.000965. The van der Waals surface area contributed by atoms with Crippen LogP contribution in [0.4, 0.5) is 11.4 Å². The van der Waals surface area contributed by atoms with E-state index in [4.69, 9.17) is 59.9 Å². The Morgan fingerprint density at radius 3 is 1.34 bits per heavy atom.